The van der Waals surface area contributed by atoms with Crippen molar-refractivity contribution in [2.24, 2.45) is 0 Å². The van der Waals surface area contributed by atoms with Gasteiger partial charge in [0.25, 0.3) is 0 Å². The minimum absolute atomic E-state index is 0.184. The van der Waals surface area contributed by atoms with Crippen LogP contribution in [-0.4, -0.2) is 24.2 Å². The molecule has 1 unspecified atom stereocenters. The number of aromatic amines is 1. The number of nitrogens with zero attached hydrogens (tertiary/aromatic N) is 1. The van der Waals surface area contributed by atoms with Crippen LogP contribution < -0.4 is 9.47 Å². The lowest BCUT2D eigenvalue weighted by atomic mass is 10.1. The number of hydrogen-bond donors (Lipinski definition) is 1. The van der Waals surface area contributed by atoms with E-state index in [1.165, 1.54) is 0 Å². The Balaban J connectivity index is 2.17. The Morgan fingerprint density at radius 1 is 1.28 bits per heavy atom. The van der Waals surface area contributed by atoms with Gasteiger partial charge in [0.15, 0.2) is 11.5 Å². The minimum Gasteiger partial charge on any atom is -0.493 e. The summed E-state index contributed by atoms with van der Waals surface area (Å²) in [5.41, 5.74) is 1.13. The zero-order valence-electron chi connectivity index (χ0n) is 10.3. The Morgan fingerprint density at radius 2 is 2.06 bits per heavy atom. The van der Waals surface area contributed by atoms with Gasteiger partial charge in [0.05, 0.1) is 14.2 Å². The third-order valence-electron chi connectivity index (χ3n) is 2.70. The molecule has 0 radical (unpaired) electrons. The van der Waals surface area contributed by atoms with Crippen LogP contribution in [0, 0.1) is 0 Å². The maximum atomic E-state index is 5.29. The highest BCUT2D eigenvalue weighted by Gasteiger charge is 2.13. The summed E-state index contributed by atoms with van der Waals surface area (Å²) in [5.74, 6) is 2.42. The van der Waals surface area contributed by atoms with Crippen molar-refractivity contribution in [3.8, 4) is 11.5 Å². The van der Waals surface area contributed by atoms with Gasteiger partial charge in [0, 0.05) is 23.6 Å². The van der Waals surface area contributed by atoms with Crippen molar-refractivity contribution in [3.05, 3.63) is 42.0 Å². The summed E-state index contributed by atoms with van der Waals surface area (Å²) in [6.45, 7) is 0. The monoisotopic (exact) mass is 310 g/mol. The second-order valence-corrected chi connectivity index (χ2v) is 4.93. The van der Waals surface area contributed by atoms with Crippen LogP contribution in [0.5, 0.6) is 11.5 Å². The first-order chi connectivity index (χ1) is 8.74. The third-order valence-corrected chi connectivity index (χ3v) is 3.55. The molecule has 2 aromatic rings. The summed E-state index contributed by atoms with van der Waals surface area (Å²) >= 11 is 3.66. The highest BCUT2D eigenvalue weighted by atomic mass is 79.9. The van der Waals surface area contributed by atoms with Crippen LogP contribution in [0.2, 0.25) is 0 Å². The van der Waals surface area contributed by atoms with Gasteiger partial charge in [-0.15, -0.1) is 0 Å². The van der Waals surface area contributed by atoms with Crippen LogP contribution in [0.4, 0.5) is 0 Å². The van der Waals surface area contributed by atoms with Crippen LogP contribution >= 0.6 is 15.9 Å². The summed E-state index contributed by atoms with van der Waals surface area (Å²) < 4.78 is 10.5. The molecule has 0 aliphatic rings. The molecule has 0 aliphatic carbocycles. The molecule has 96 valence electrons. The number of hydrogen-bond acceptors (Lipinski definition) is 3. The first-order valence-corrected chi connectivity index (χ1v) is 6.50. The largest absolute Gasteiger partial charge is 0.493 e. The Labute approximate surface area is 114 Å². The number of halogens is 1. The van der Waals surface area contributed by atoms with E-state index in [2.05, 4.69) is 25.9 Å². The minimum atomic E-state index is 0.184. The van der Waals surface area contributed by atoms with Gasteiger partial charge >= 0.3 is 0 Å². The number of ether oxygens (including phenoxy) is 2. The van der Waals surface area contributed by atoms with E-state index in [1.807, 2.05) is 24.4 Å². The van der Waals surface area contributed by atoms with Crippen LogP contribution in [-0.2, 0) is 6.42 Å². The Kier molecular flexibility index (Phi) is 4.25. The zero-order valence-corrected chi connectivity index (χ0v) is 11.9. The van der Waals surface area contributed by atoms with Gasteiger partial charge in [-0.25, -0.2) is 4.98 Å². The number of alkyl halides is 1. The molecule has 0 saturated carbocycles. The van der Waals surface area contributed by atoms with E-state index in [1.54, 1.807) is 20.4 Å². The average Bonchev–Trinajstić information content (AvgIpc) is 2.90. The topological polar surface area (TPSA) is 47.1 Å². The molecule has 0 amide bonds. The molecule has 1 N–H and O–H groups in total. The van der Waals surface area contributed by atoms with E-state index >= 15 is 0 Å². The van der Waals surface area contributed by atoms with Gasteiger partial charge < -0.3 is 14.5 Å². The molecule has 4 nitrogen and oxygen atoms in total. The Bertz CT molecular complexity index is 500. The molecule has 18 heavy (non-hydrogen) atoms. The molecule has 1 atom stereocenters. The Hall–Kier alpha value is -1.49. The Morgan fingerprint density at radius 3 is 2.67 bits per heavy atom. The van der Waals surface area contributed by atoms with E-state index in [9.17, 15) is 0 Å². The van der Waals surface area contributed by atoms with E-state index in [0.29, 0.717) is 0 Å². The molecule has 0 spiro atoms. The zero-order chi connectivity index (χ0) is 13.0. The molecule has 1 heterocycles. The van der Waals surface area contributed by atoms with Crippen LogP contribution in [0.1, 0.15) is 16.2 Å². The van der Waals surface area contributed by atoms with Crippen LogP contribution in [0.3, 0.4) is 0 Å². The molecule has 5 heteroatoms. The number of H-pyrrole nitrogens is 1. The van der Waals surface area contributed by atoms with Gasteiger partial charge in [-0.1, -0.05) is 22.0 Å². The second kappa shape index (κ2) is 5.91. The first kappa shape index (κ1) is 13.0. The molecule has 0 fully saturated rings. The molecule has 0 bridgehead atoms. The highest BCUT2D eigenvalue weighted by molar-refractivity contribution is 9.09. The van der Waals surface area contributed by atoms with Crippen molar-refractivity contribution >= 4 is 15.9 Å². The lowest BCUT2D eigenvalue weighted by Gasteiger charge is -2.12. The smallest absolute Gasteiger partial charge is 0.161 e. The number of benzene rings is 1. The van der Waals surface area contributed by atoms with Gasteiger partial charge in [-0.3, -0.25) is 0 Å². The van der Waals surface area contributed by atoms with Crippen molar-refractivity contribution in [2.45, 2.75) is 11.2 Å². The highest BCUT2D eigenvalue weighted by Crippen LogP contribution is 2.34. The summed E-state index contributed by atoms with van der Waals surface area (Å²) in [7, 11) is 3.27. The van der Waals surface area contributed by atoms with Crippen LogP contribution in [0.25, 0.3) is 0 Å². The number of aromatic nitrogens is 2. The predicted octanol–water partition coefficient (Wildman–Crippen LogP) is 3.11. The standard InChI is InChI=1S/C13H15BrN2O2/c1-17-11-4-3-9(7-12(11)18-2)10(14)8-13-15-5-6-16-13/h3-7,10H,8H2,1-2H3,(H,15,16). The molecule has 1 aromatic heterocycles. The molecule has 0 aliphatic heterocycles. The van der Waals surface area contributed by atoms with Gasteiger partial charge in [0.2, 0.25) is 0 Å². The van der Waals surface area contributed by atoms with Crippen molar-refractivity contribution in [1.29, 1.82) is 0 Å². The van der Waals surface area contributed by atoms with E-state index in [4.69, 9.17) is 9.47 Å². The first-order valence-electron chi connectivity index (χ1n) is 5.59. The lowest BCUT2D eigenvalue weighted by molar-refractivity contribution is 0.354. The van der Waals surface area contributed by atoms with E-state index < -0.39 is 0 Å². The lowest BCUT2D eigenvalue weighted by Crippen LogP contribution is -1.99. The maximum absolute atomic E-state index is 5.29. The van der Waals surface area contributed by atoms with Gasteiger partial charge in [0.1, 0.15) is 5.82 Å². The average molecular weight is 311 g/mol. The van der Waals surface area contributed by atoms with Gasteiger partial charge in [-0.05, 0) is 17.7 Å². The normalized spacial score (nSPS) is 12.2. The second-order valence-electron chi connectivity index (χ2n) is 3.82. The van der Waals surface area contributed by atoms with Crippen molar-refractivity contribution < 1.29 is 9.47 Å². The van der Waals surface area contributed by atoms with E-state index in [-0.39, 0.29) is 4.83 Å². The number of nitrogens with one attached hydrogen (secondary N) is 1. The summed E-state index contributed by atoms with van der Waals surface area (Å²) in [6.07, 6.45) is 4.37. The number of imidazole rings is 1. The maximum Gasteiger partial charge on any atom is 0.161 e. The molecule has 0 saturated heterocycles. The van der Waals surface area contributed by atoms with Gasteiger partial charge in [-0.2, -0.15) is 0 Å². The fourth-order valence-electron chi connectivity index (χ4n) is 1.74. The quantitative estimate of drug-likeness (QED) is 0.863. The van der Waals surface area contributed by atoms with Crippen molar-refractivity contribution in [1.82, 2.24) is 9.97 Å². The van der Waals surface area contributed by atoms with Crippen molar-refractivity contribution in [2.75, 3.05) is 14.2 Å². The number of rotatable bonds is 5. The summed E-state index contributed by atoms with van der Waals surface area (Å²) in [5, 5.41) is 0. The SMILES string of the molecule is COc1ccc(C(Br)Cc2ncc[nH]2)cc1OC. The molecular formula is C13H15BrN2O2. The number of methoxy groups -OCH3 is 2. The fourth-order valence-corrected chi connectivity index (χ4v) is 2.34. The predicted molar refractivity (Wildman–Crippen MR) is 73.5 cm³/mol. The van der Waals surface area contributed by atoms with Crippen LogP contribution in [0.15, 0.2) is 30.6 Å². The van der Waals surface area contributed by atoms with E-state index in [0.717, 1.165) is 29.3 Å². The fraction of sp³-hybridized carbons (Fsp3) is 0.308. The molecule has 2 rings (SSSR count). The van der Waals surface area contributed by atoms with Crippen molar-refractivity contribution in [3.63, 3.8) is 0 Å². The molecular weight excluding hydrogens is 296 g/mol. The summed E-state index contributed by atoms with van der Waals surface area (Å²) in [6, 6.07) is 5.90. The third kappa shape index (κ3) is 2.85. The summed E-state index contributed by atoms with van der Waals surface area (Å²) in [4.78, 5) is 7.49. The molecule has 1 aromatic carbocycles.